The first-order chi connectivity index (χ1) is 9.08. The molecule has 0 aromatic heterocycles. The quantitative estimate of drug-likeness (QED) is 0.418. The molecular weight excluding hydrogens is 323 g/mol. The third kappa shape index (κ3) is 3.82. The Morgan fingerprint density at radius 2 is 1.38 bits per heavy atom. The SMILES string of the molecule is C=C(C)C(=O)OCCC(F)(F)C(F)(F)C(F)(F)C(F)(F)F. The lowest BCUT2D eigenvalue weighted by Gasteiger charge is -2.33. The molecule has 0 amide bonds. The second-order valence-corrected chi connectivity index (χ2v) is 4.02. The van der Waals surface area contributed by atoms with E-state index < -0.39 is 42.9 Å². The molecule has 0 spiro atoms. The lowest BCUT2D eigenvalue weighted by Crippen LogP contribution is -2.61. The lowest BCUT2D eigenvalue weighted by molar-refractivity contribution is -0.397. The van der Waals surface area contributed by atoms with Crippen LogP contribution >= 0.6 is 0 Å². The Kier molecular flexibility index (Phi) is 5.37. The minimum Gasteiger partial charge on any atom is -0.462 e. The summed E-state index contributed by atoms with van der Waals surface area (Å²) in [6.45, 7) is 2.60. The van der Waals surface area contributed by atoms with Crippen molar-refractivity contribution in [3.63, 3.8) is 0 Å². The number of ether oxygens (including phenoxy) is 1. The van der Waals surface area contributed by atoms with Gasteiger partial charge in [-0.15, -0.1) is 0 Å². The summed E-state index contributed by atoms with van der Waals surface area (Å²) in [5, 5.41) is 0. The average molecular weight is 332 g/mol. The van der Waals surface area contributed by atoms with Gasteiger partial charge in [0.1, 0.15) is 0 Å². The number of carbonyl (C=O) groups is 1. The smallest absolute Gasteiger partial charge is 0.460 e. The van der Waals surface area contributed by atoms with Crippen LogP contribution in [0.1, 0.15) is 13.3 Å². The van der Waals surface area contributed by atoms with Crippen LogP contribution in [-0.2, 0) is 9.53 Å². The second-order valence-electron chi connectivity index (χ2n) is 4.02. The molecule has 0 fully saturated rings. The summed E-state index contributed by atoms with van der Waals surface area (Å²) in [4.78, 5) is 10.8. The van der Waals surface area contributed by atoms with Gasteiger partial charge in [-0.05, 0) is 6.92 Å². The van der Waals surface area contributed by atoms with Crippen molar-refractivity contribution in [3.05, 3.63) is 12.2 Å². The van der Waals surface area contributed by atoms with Crippen LogP contribution in [0.15, 0.2) is 12.2 Å². The predicted molar refractivity (Wildman–Crippen MR) is 51.3 cm³/mol. The third-order valence-corrected chi connectivity index (χ3v) is 2.21. The fourth-order valence-corrected chi connectivity index (χ4v) is 0.960. The molecule has 0 radical (unpaired) electrons. The first-order valence-electron chi connectivity index (χ1n) is 5.10. The molecule has 0 aromatic carbocycles. The highest BCUT2D eigenvalue weighted by atomic mass is 19.4. The largest absolute Gasteiger partial charge is 0.462 e. The van der Waals surface area contributed by atoms with Crippen molar-refractivity contribution in [2.45, 2.75) is 37.3 Å². The summed E-state index contributed by atoms with van der Waals surface area (Å²) in [5.41, 5.74) is -0.300. The number of alkyl halides is 9. The summed E-state index contributed by atoms with van der Waals surface area (Å²) in [7, 11) is 0. The van der Waals surface area contributed by atoms with Crippen molar-refractivity contribution in [2.24, 2.45) is 0 Å². The maximum atomic E-state index is 12.9. The molecule has 0 aliphatic rings. The van der Waals surface area contributed by atoms with E-state index in [1.54, 1.807) is 0 Å². The van der Waals surface area contributed by atoms with Crippen LogP contribution in [0.3, 0.4) is 0 Å². The first-order valence-corrected chi connectivity index (χ1v) is 5.10. The van der Waals surface area contributed by atoms with Gasteiger partial charge in [-0.2, -0.15) is 39.5 Å². The fourth-order valence-electron chi connectivity index (χ4n) is 0.960. The Bertz CT molecular complexity index is 411. The molecule has 11 heteroatoms. The van der Waals surface area contributed by atoms with Crippen molar-refractivity contribution >= 4 is 5.97 Å². The van der Waals surface area contributed by atoms with Gasteiger partial charge in [-0.1, -0.05) is 6.58 Å². The van der Waals surface area contributed by atoms with Gasteiger partial charge in [0.25, 0.3) is 0 Å². The van der Waals surface area contributed by atoms with E-state index in [0.717, 1.165) is 6.92 Å². The molecule has 0 N–H and O–H groups in total. The van der Waals surface area contributed by atoms with Gasteiger partial charge >= 0.3 is 29.9 Å². The Morgan fingerprint density at radius 3 is 1.71 bits per heavy atom. The summed E-state index contributed by atoms with van der Waals surface area (Å²) in [6.07, 6.45) is -9.08. The van der Waals surface area contributed by atoms with Crippen molar-refractivity contribution < 1.29 is 49.0 Å². The first kappa shape index (κ1) is 19.6. The van der Waals surface area contributed by atoms with Gasteiger partial charge in [0.2, 0.25) is 0 Å². The van der Waals surface area contributed by atoms with Crippen LogP contribution in [-0.4, -0.2) is 36.5 Å². The van der Waals surface area contributed by atoms with Gasteiger partial charge in [-0.25, -0.2) is 4.79 Å². The van der Waals surface area contributed by atoms with Gasteiger partial charge in [-0.3, -0.25) is 0 Å². The standard InChI is InChI=1S/C10H9F9O2/c1-5(2)6(20)21-4-3-7(11,12)8(13,14)9(15,16)10(17,18)19/h1,3-4H2,2H3. The number of esters is 1. The van der Waals surface area contributed by atoms with Crippen LogP contribution in [0.25, 0.3) is 0 Å². The third-order valence-electron chi connectivity index (χ3n) is 2.21. The lowest BCUT2D eigenvalue weighted by atomic mass is 10.0. The number of carbonyl (C=O) groups excluding carboxylic acids is 1. The van der Waals surface area contributed by atoms with Crippen LogP contribution in [0, 0.1) is 0 Å². The average Bonchev–Trinajstić information content (AvgIpc) is 2.26. The molecule has 0 atom stereocenters. The molecule has 0 unspecified atom stereocenters. The zero-order valence-corrected chi connectivity index (χ0v) is 10.3. The number of rotatable bonds is 6. The topological polar surface area (TPSA) is 26.3 Å². The molecule has 0 heterocycles. The predicted octanol–water partition coefficient (Wildman–Crippen LogP) is 3.96. The van der Waals surface area contributed by atoms with E-state index in [4.69, 9.17) is 0 Å². The minimum atomic E-state index is -6.94. The van der Waals surface area contributed by atoms with Crippen molar-refractivity contribution in [1.29, 1.82) is 0 Å². The maximum absolute atomic E-state index is 12.9. The van der Waals surface area contributed by atoms with Crippen molar-refractivity contribution in [3.8, 4) is 0 Å². The molecule has 0 aliphatic heterocycles. The van der Waals surface area contributed by atoms with E-state index in [0.29, 0.717) is 0 Å². The molecule has 0 rings (SSSR count). The fraction of sp³-hybridized carbons (Fsp3) is 0.700. The summed E-state index contributed by atoms with van der Waals surface area (Å²) < 4.78 is 116. The van der Waals surface area contributed by atoms with Gasteiger partial charge < -0.3 is 4.74 Å². The Balaban J connectivity index is 5.05. The highest BCUT2D eigenvalue weighted by Gasteiger charge is 2.81. The van der Waals surface area contributed by atoms with Gasteiger partial charge in [0.05, 0.1) is 13.0 Å². The monoisotopic (exact) mass is 332 g/mol. The number of halogens is 9. The van der Waals surface area contributed by atoms with E-state index in [1.165, 1.54) is 0 Å². The highest BCUT2D eigenvalue weighted by Crippen LogP contribution is 2.53. The molecule has 0 aliphatic carbocycles. The zero-order valence-electron chi connectivity index (χ0n) is 10.3. The van der Waals surface area contributed by atoms with Gasteiger partial charge in [0.15, 0.2) is 0 Å². The molecule has 0 aromatic rings. The van der Waals surface area contributed by atoms with Crippen molar-refractivity contribution in [2.75, 3.05) is 6.61 Å². The molecule has 124 valence electrons. The molecular formula is C10H9F9O2. The van der Waals surface area contributed by atoms with E-state index in [1.807, 2.05) is 0 Å². The molecule has 0 saturated carbocycles. The normalized spacial score (nSPS) is 14.0. The van der Waals surface area contributed by atoms with E-state index >= 15 is 0 Å². The van der Waals surface area contributed by atoms with E-state index in [-0.39, 0.29) is 5.57 Å². The van der Waals surface area contributed by atoms with Crippen LogP contribution in [0.2, 0.25) is 0 Å². The maximum Gasteiger partial charge on any atom is 0.460 e. The van der Waals surface area contributed by atoms with Crippen molar-refractivity contribution in [1.82, 2.24) is 0 Å². The van der Waals surface area contributed by atoms with Crippen LogP contribution in [0.4, 0.5) is 39.5 Å². The number of hydrogen-bond acceptors (Lipinski definition) is 2. The number of hydrogen-bond donors (Lipinski definition) is 0. The summed E-state index contributed by atoms with van der Waals surface area (Å²) >= 11 is 0. The molecule has 0 bridgehead atoms. The Labute approximate surface area is 112 Å². The second kappa shape index (κ2) is 5.76. The summed E-state index contributed by atoms with van der Waals surface area (Å²) in [6, 6.07) is 0. The highest BCUT2D eigenvalue weighted by molar-refractivity contribution is 5.86. The molecule has 0 saturated heterocycles. The Hall–Kier alpha value is -1.42. The van der Waals surface area contributed by atoms with Crippen LogP contribution in [0.5, 0.6) is 0 Å². The zero-order chi connectivity index (χ0) is 17.3. The summed E-state index contributed by atoms with van der Waals surface area (Å²) in [5.74, 6) is -20.7. The molecule has 21 heavy (non-hydrogen) atoms. The Morgan fingerprint density at radius 1 is 0.952 bits per heavy atom. The van der Waals surface area contributed by atoms with Gasteiger partial charge in [0, 0.05) is 5.57 Å². The minimum absolute atomic E-state index is 0.300. The molecule has 2 nitrogen and oxygen atoms in total. The van der Waals surface area contributed by atoms with E-state index in [2.05, 4.69) is 11.3 Å². The van der Waals surface area contributed by atoms with E-state index in [9.17, 15) is 44.3 Å². The van der Waals surface area contributed by atoms with Crippen LogP contribution < -0.4 is 0 Å².